The van der Waals surface area contributed by atoms with E-state index >= 15 is 0 Å². The lowest BCUT2D eigenvalue weighted by Crippen LogP contribution is -2.37. The van der Waals surface area contributed by atoms with E-state index in [1.54, 1.807) is 13.0 Å². The van der Waals surface area contributed by atoms with Gasteiger partial charge in [0.2, 0.25) is 5.12 Å². The first-order valence-electron chi connectivity index (χ1n) is 7.80. The highest BCUT2D eigenvalue weighted by atomic mass is 32.2. The van der Waals surface area contributed by atoms with Gasteiger partial charge in [-0.05, 0) is 26.7 Å². The van der Waals surface area contributed by atoms with Crippen LogP contribution >= 0.6 is 11.8 Å². The normalized spacial score (nSPS) is 29.9. The molecule has 1 aliphatic heterocycles. The Labute approximate surface area is 127 Å². The summed E-state index contributed by atoms with van der Waals surface area (Å²) in [5.41, 5.74) is -0.844. The molecule has 1 fully saturated rings. The molecule has 0 radical (unpaired) electrons. The van der Waals surface area contributed by atoms with Gasteiger partial charge in [0, 0.05) is 0 Å². The quantitative estimate of drug-likeness (QED) is 0.344. The van der Waals surface area contributed by atoms with Gasteiger partial charge in [0.25, 0.3) is 0 Å². The van der Waals surface area contributed by atoms with E-state index in [-0.39, 0.29) is 10.9 Å². The average molecular weight is 296 g/mol. The van der Waals surface area contributed by atoms with Gasteiger partial charge in [0.15, 0.2) is 5.78 Å². The lowest BCUT2D eigenvalue weighted by atomic mass is 9.77. The average Bonchev–Trinajstić information content (AvgIpc) is 2.56. The number of Topliss-reactive ketones (excluding diaryl/α,β-unsaturated/α-hetero) is 1. The van der Waals surface area contributed by atoms with Crippen molar-refractivity contribution in [2.75, 3.05) is 0 Å². The van der Waals surface area contributed by atoms with Crippen molar-refractivity contribution in [1.29, 1.82) is 0 Å². The molecular formula is C17H28O2S. The van der Waals surface area contributed by atoms with Gasteiger partial charge in [-0.2, -0.15) is 0 Å². The third-order valence-electron chi connectivity index (χ3n) is 4.31. The minimum atomic E-state index is -0.844. The minimum Gasteiger partial charge on any atom is -0.297 e. The zero-order valence-electron chi connectivity index (χ0n) is 13.2. The van der Waals surface area contributed by atoms with Gasteiger partial charge in [-0.1, -0.05) is 63.3 Å². The Hall–Kier alpha value is -0.570. The molecule has 1 rings (SSSR count). The van der Waals surface area contributed by atoms with Crippen LogP contribution in [0.4, 0.5) is 0 Å². The Morgan fingerprint density at radius 1 is 1.10 bits per heavy atom. The molecule has 114 valence electrons. The van der Waals surface area contributed by atoms with E-state index < -0.39 is 10.2 Å². The molecule has 1 unspecified atom stereocenters. The fourth-order valence-corrected chi connectivity index (χ4v) is 4.29. The summed E-state index contributed by atoms with van der Waals surface area (Å²) in [5.74, 6) is 0.105. The summed E-state index contributed by atoms with van der Waals surface area (Å²) in [6.45, 7) is 9.60. The number of thioether (sulfide) groups is 1. The van der Waals surface area contributed by atoms with Crippen LogP contribution in [-0.4, -0.2) is 15.6 Å². The van der Waals surface area contributed by atoms with Crippen LogP contribution in [0.5, 0.6) is 0 Å². The van der Waals surface area contributed by atoms with Crippen molar-refractivity contribution in [3.63, 3.8) is 0 Å². The molecule has 0 amide bonds. The molecule has 20 heavy (non-hydrogen) atoms. The predicted octanol–water partition coefficient (Wildman–Crippen LogP) is 4.92. The van der Waals surface area contributed by atoms with E-state index in [4.69, 9.17) is 0 Å². The van der Waals surface area contributed by atoms with Crippen molar-refractivity contribution < 1.29 is 9.59 Å². The van der Waals surface area contributed by atoms with E-state index in [0.29, 0.717) is 6.42 Å². The zero-order chi connectivity index (χ0) is 15.2. The Morgan fingerprint density at radius 2 is 1.70 bits per heavy atom. The zero-order valence-corrected chi connectivity index (χ0v) is 14.0. The van der Waals surface area contributed by atoms with Gasteiger partial charge in [0.1, 0.15) is 0 Å². The molecule has 3 heteroatoms. The van der Waals surface area contributed by atoms with E-state index in [2.05, 4.69) is 13.5 Å². The maximum Gasteiger partial charge on any atom is 0.203 e. The van der Waals surface area contributed by atoms with Crippen molar-refractivity contribution >= 4 is 22.7 Å². The fourth-order valence-electron chi connectivity index (χ4n) is 2.91. The van der Waals surface area contributed by atoms with E-state index in [9.17, 15) is 9.59 Å². The SMILES string of the molecule is C=CCC1(C)C(=O)S[C@](C)(CCCCCCCC)C1=O. The van der Waals surface area contributed by atoms with Gasteiger partial charge in [-0.15, -0.1) is 6.58 Å². The number of hydrogen-bond acceptors (Lipinski definition) is 3. The van der Waals surface area contributed by atoms with E-state index in [0.717, 1.165) is 19.3 Å². The summed E-state index contributed by atoms with van der Waals surface area (Å²) in [7, 11) is 0. The molecule has 1 saturated heterocycles. The lowest BCUT2D eigenvalue weighted by molar-refractivity contribution is -0.134. The summed E-state index contributed by atoms with van der Waals surface area (Å²) < 4.78 is -0.514. The molecule has 0 aromatic rings. The molecule has 0 aliphatic carbocycles. The van der Waals surface area contributed by atoms with Gasteiger partial charge in [-0.25, -0.2) is 0 Å². The molecule has 0 saturated carbocycles. The third-order valence-corrected chi connectivity index (χ3v) is 5.79. The monoisotopic (exact) mass is 296 g/mol. The molecule has 2 nitrogen and oxygen atoms in total. The highest BCUT2D eigenvalue weighted by Crippen LogP contribution is 2.50. The molecule has 1 aliphatic rings. The van der Waals surface area contributed by atoms with E-state index in [1.807, 2.05) is 6.92 Å². The molecule has 0 aromatic carbocycles. The summed E-state index contributed by atoms with van der Waals surface area (Å²) in [6.07, 6.45) is 10.2. The van der Waals surface area contributed by atoms with Crippen LogP contribution in [0, 0.1) is 5.41 Å². The van der Waals surface area contributed by atoms with Crippen LogP contribution < -0.4 is 0 Å². The standard InChI is InChI=1S/C17H28O2S/c1-5-7-8-9-10-11-13-17(4)14(18)16(3,12-6-2)15(19)20-17/h6H,2,5,7-13H2,1,3-4H3/t16?,17-/m1/s1. The summed E-state index contributed by atoms with van der Waals surface area (Å²) in [5, 5.41) is 0.0240. The number of rotatable bonds is 9. The maximum absolute atomic E-state index is 12.6. The second-order valence-electron chi connectivity index (χ2n) is 6.29. The Kier molecular flexibility index (Phi) is 6.50. The Balaban J connectivity index is 2.51. The second kappa shape index (κ2) is 7.44. The van der Waals surface area contributed by atoms with Gasteiger partial charge in [-0.3, -0.25) is 9.59 Å². The van der Waals surface area contributed by atoms with Crippen molar-refractivity contribution in [3.05, 3.63) is 12.7 Å². The van der Waals surface area contributed by atoms with Crippen LogP contribution in [-0.2, 0) is 9.59 Å². The third kappa shape index (κ3) is 3.75. The second-order valence-corrected chi connectivity index (χ2v) is 7.77. The highest BCUT2D eigenvalue weighted by molar-refractivity contribution is 8.16. The van der Waals surface area contributed by atoms with Crippen LogP contribution in [0.15, 0.2) is 12.7 Å². The Bertz CT molecular complexity index is 377. The fraction of sp³-hybridized carbons (Fsp3) is 0.765. The number of carbonyl (C=O) groups is 2. The largest absolute Gasteiger partial charge is 0.297 e. The predicted molar refractivity (Wildman–Crippen MR) is 86.9 cm³/mol. The first-order valence-corrected chi connectivity index (χ1v) is 8.61. The number of allylic oxidation sites excluding steroid dienone is 1. The van der Waals surface area contributed by atoms with Gasteiger partial charge < -0.3 is 0 Å². The number of unbranched alkanes of at least 4 members (excludes halogenated alkanes) is 5. The maximum atomic E-state index is 12.6. The number of ketones is 1. The van der Waals surface area contributed by atoms with Crippen molar-refractivity contribution in [3.8, 4) is 0 Å². The molecule has 2 atom stereocenters. The van der Waals surface area contributed by atoms with Crippen molar-refractivity contribution in [2.45, 2.75) is 76.9 Å². The van der Waals surface area contributed by atoms with E-state index in [1.165, 1.54) is 37.4 Å². The molecule has 0 spiro atoms. The van der Waals surface area contributed by atoms with Crippen LogP contribution in [0.1, 0.15) is 72.1 Å². The minimum absolute atomic E-state index is 0.0240. The van der Waals surface area contributed by atoms with Gasteiger partial charge >= 0.3 is 0 Å². The highest BCUT2D eigenvalue weighted by Gasteiger charge is 2.57. The lowest BCUT2D eigenvalue weighted by Gasteiger charge is -2.23. The molecule has 0 bridgehead atoms. The summed E-state index contributed by atoms with van der Waals surface area (Å²) in [4.78, 5) is 24.8. The van der Waals surface area contributed by atoms with Crippen LogP contribution in [0.3, 0.4) is 0 Å². The smallest absolute Gasteiger partial charge is 0.203 e. The molecule has 0 N–H and O–H groups in total. The van der Waals surface area contributed by atoms with Crippen molar-refractivity contribution in [2.24, 2.45) is 5.41 Å². The Morgan fingerprint density at radius 3 is 2.30 bits per heavy atom. The molecule has 0 aromatic heterocycles. The molecule has 1 heterocycles. The van der Waals surface area contributed by atoms with Crippen LogP contribution in [0.2, 0.25) is 0 Å². The molecular weight excluding hydrogens is 268 g/mol. The number of carbonyl (C=O) groups excluding carboxylic acids is 2. The topological polar surface area (TPSA) is 34.1 Å². The van der Waals surface area contributed by atoms with Crippen LogP contribution in [0.25, 0.3) is 0 Å². The van der Waals surface area contributed by atoms with Gasteiger partial charge in [0.05, 0.1) is 10.2 Å². The first kappa shape index (κ1) is 17.5. The summed E-state index contributed by atoms with van der Waals surface area (Å²) >= 11 is 1.25. The first-order chi connectivity index (χ1) is 9.40. The van der Waals surface area contributed by atoms with Crippen molar-refractivity contribution in [1.82, 2.24) is 0 Å². The number of hydrogen-bond donors (Lipinski definition) is 0. The summed E-state index contributed by atoms with van der Waals surface area (Å²) in [6, 6.07) is 0.